The van der Waals surface area contributed by atoms with Crippen LogP contribution < -0.4 is 5.11 Å². The quantitative estimate of drug-likeness (QED) is 0.0195. The first-order valence-corrected chi connectivity index (χ1v) is 33.1. The van der Waals surface area contributed by atoms with Crippen LogP contribution in [0.5, 0.6) is 0 Å². The summed E-state index contributed by atoms with van der Waals surface area (Å²) in [4.78, 5) is 37.2. The molecule has 0 aromatic heterocycles. The Morgan fingerprint density at radius 3 is 1.04 bits per heavy atom. The molecule has 0 fully saturated rings. The first-order valence-electron chi connectivity index (χ1n) is 33.1. The number of hydrogen-bond donors (Lipinski definition) is 0. The van der Waals surface area contributed by atoms with Gasteiger partial charge in [0.1, 0.15) is 13.2 Å². The first kappa shape index (κ1) is 74.5. The summed E-state index contributed by atoms with van der Waals surface area (Å²) in [7, 11) is 5.93. The lowest BCUT2D eigenvalue weighted by Gasteiger charge is -2.26. The first-order chi connectivity index (χ1) is 37.6. The Bertz CT molecular complexity index is 1360. The van der Waals surface area contributed by atoms with E-state index in [1.165, 1.54) is 244 Å². The second kappa shape index (κ2) is 59.6. The van der Waals surface area contributed by atoms with E-state index in [4.69, 9.17) is 18.9 Å². The molecule has 0 aliphatic carbocycles. The summed E-state index contributed by atoms with van der Waals surface area (Å²) in [5.74, 6) is -2.26. The number of aliphatic carboxylic acids is 1. The van der Waals surface area contributed by atoms with Gasteiger partial charge in [-0.3, -0.25) is 9.59 Å². The standard InChI is InChI=1S/C68H127NO8/c1-6-8-10-12-14-16-18-19-20-21-22-23-24-25-26-27-28-29-30-31-32-33-34-35-36-37-38-39-40-41-42-43-44-45-46-47-49-51-53-55-57-59-66(71)77-64(63-76-68(67(72)73)74-61-60-69(3,4)5)62-75-65(70)58-56-54-52-50-48-17-15-13-11-9-7-2/h18-19,21-22,24-25,64,68H,6-17,20,23,26-63H2,1-5H3/b19-18-,22-21-,25-24-. The molecule has 0 saturated heterocycles. The number of quaternary nitrogens is 1. The number of ether oxygens (including phenoxy) is 4. The fourth-order valence-electron chi connectivity index (χ4n) is 9.78. The van der Waals surface area contributed by atoms with E-state index >= 15 is 0 Å². The lowest BCUT2D eigenvalue weighted by Crippen LogP contribution is -2.44. The number of carboxylic acid groups (broad SMARTS) is 1. The minimum Gasteiger partial charge on any atom is -0.545 e. The molecule has 0 saturated carbocycles. The molecule has 2 atom stereocenters. The lowest BCUT2D eigenvalue weighted by molar-refractivity contribution is -0.870. The van der Waals surface area contributed by atoms with Crippen LogP contribution in [-0.4, -0.2) is 82.3 Å². The van der Waals surface area contributed by atoms with Crippen LogP contribution in [0.1, 0.15) is 322 Å². The fourth-order valence-corrected chi connectivity index (χ4v) is 9.78. The summed E-state index contributed by atoms with van der Waals surface area (Å²) in [6.45, 7) is 4.76. The smallest absolute Gasteiger partial charge is 0.306 e. The van der Waals surface area contributed by atoms with Crippen LogP contribution in [0.2, 0.25) is 0 Å². The molecular formula is C68H127NO8. The van der Waals surface area contributed by atoms with E-state index in [0.717, 1.165) is 51.4 Å². The molecule has 0 aliphatic rings. The molecule has 0 spiro atoms. The van der Waals surface area contributed by atoms with E-state index in [9.17, 15) is 19.5 Å². The van der Waals surface area contributed by atoms with Crippen molar-refractivity contribution in [3.63, 3.8) is 0 Å². The van der Waals surface area contributed by atoms with Crippen molar-refractivity contribution in [2.45, 2.75) is 334 Å². The highest BCUT2D eigenvalue weighted by Crippen LogP contribution is 2.18. The van der Waals surface area contributed by atoms with Crippen molar-refractivity contribution in [3.05, 3.63) is 36.5 Å². The van der Waals surface area contributed by atoms with Gasteiger partial charge in [0, 0.05) is 12.8 Å². The Balaban J connectivity index is 3.86. The van der Waals surface area contributed by atoms with Crippen molar-refractivity contribution >= 4 is 17.9 Å². The summed E-state index contributed by atoms with van der Waals surface area (Å²) < 4.78 is 22.7. The predicted molar refractivity (Wildman–Crippen MR) is 325 cm³/mol. The molecule has 77 heavy (non-hydrogen) atoms. The molecule has 2 unspecified atom stereocenters. The van der Waals surface area contributed by atoms with Gasteiger partial charge in [0.15, 0.2) is 12.4 Å². The number of carbonyl (C=O) groups is 3. The van der Waals surface area contributed by atoms with Gasteiger partial charge in [0.05, 0.1) is 40.3 Å². The Kier molecular flexibility index (Phi) is 57.7. The molecule has 0 aromatic rings. The molecule has 0 rings (SSSR count). The number of esters is 2. The normalized spacial score (nSPS) is 12.9. The van der Waals surface area contributed by atoms with Crippen molar-refractivity contribution in [3.8, 4) is 0 Å². The molecular weight excluding hydrogens is 959 g/mol. The number of nitrogens with zero attached hydrogens (tertiary/aromatic N) is 1. The third-order valence-corrected chi connectivity index (χ3v) is 14.9. The molecule has 0 aliphatic heterocycles. The molecule has 0 N–H and O–H groups in total. The van der Waals surface area contributed by atoms with Gasteiger partial charge in [-0.25, -0.2) is 0 Å². The van der Waals surface area contributed by atoms with Crippen molar-refractivity contribution in [1.29, 1.82) is 0 Å². The molecule has 0 heterocycles. The third-order valence-electron chi connectivity index (χ3n) is 14.9. The van der Waals surface area contributed by atoms with E-state index in [0.29, 0.717) is 17.4 Å². The highest BCUT2D eigenvalue weighted by molar-refractivity contribution is 5.70. The third kappa shape index (κ3) is 61.0. The van der Waals surface area contributed by atoms with Gasteiger partial charge < -0.3 is 33.3 Å². The number of allylic oxidation sites excluding steroid dienone is 6. The second-order valence-electron chi connectivity index (χ2n) is 23.8. The highest BCUT2D eigenvalue weighted by atomic mass is 16.7. The maximum atomic E-state index is 12.9. The van der Waals surface area contributed by atoms with Crippen molar-refractivity contribution in [2.24, 2.45) is 0 Å². The van der Waals surface area contributed by atoms with Crippen LogP contribution in [0.25, 0.3) is 0 Å². The summed E-state index contributed by atoms with van der Waals surface area (Å²) in [6, 6.07) is 0. The Morgan fingerprint density at radius 2 is 0.701 bits per heavy atom. The van der Waals surface area contributed by atoms with Crippen LogP contribution in [0.4, 0.5) is 0 Å². The fraction of sp³-hybridized carbons (Fsp3) is 0.868. The van der Waals surface area contributed by atoms with Crippen LogP contribution in [0, 0.1) is 0 Å². The van der Waals surface area contributed by atoms with E-state index in [1.54, 1.807) is 0 Å². The van der Waals surface area contributed by atoms with Gasteiger partial charge in [0.25, 0.3) is 0 Å². The Morgan fingerprint density at radius 1 is 0.390 bits per heavy atom. The zero-order valence-electron chi connectivity index (χ0n) is 51.6. The summed E-state index contributed by atoms with van der Waals surface area (Å²) in [5, 5.41) is 11.8. The molecule has 0 radical (unpaired) electrons. The van der Waals surface area contributed by atoms with E-state index in [1.807, 2.05) is 21.1 Å². The number of carboxylic acids is 1. The molecule has 0 aromatic carbocycles. The summed E-state index contributed by atoms with van der Waals surface area (Å²) >= 11 is 0. The predicted octanol–water partition coefficient (Wildman–Crippen LogP) is 18.7. The molecule has 0 bridgehead atoms. The van der Waals surface area contributed by atoms with Crippen LogP contribution >= 0.6 is 0 Å². The Labute approximate surface area is 477 Å². The lowest BCUT2D eigenvalue weighted by atomic mass is 10.0. The number of carbonyl (C=O) groups excluding carboxylic acids is 3. The van der Waals surface area contributed by atoms with Gasteiger partial charge in [-0.1, -0.05) is 294 Å². The van der Waals surface area contributed by atoms with Gasteiger partial charge >= 0.3 is 11.9 Å². The summed E-state index contributed by atoms with van der Waals surface area (Å²) in [5.41, 5.74) is 0. The minimum absolute atomic E-state index is 0.151. The monoisotopic (exact) mass is 1090 g/mol. The largest absolute Gasteiger partial charge is 0.545 e. The van der Waals surface area contributed by atoms with Crippen molar-refractivity contribution in [1.82, 2.24) is 0 Å². The maximum Gasteiger partial charge on any atom is 0.306 e. The topological polar surface area (TPSA) is 111 Å². The van der Waals surface area contributed by atoms with E-state index in [2.05, 4.69) is 50.3 Å². The zero-order valence-corrected chi connectivity index (χ0v) is 51.6. The average molecular weight is 1090 g/mol. The number of likely N-dealkylation sites (N-methyl/N-ethyl adjacent to an activating group) is 1. The van der Waals surface area contributed by atoms with E-state index < -0.39 is 24.3 Å². The van der Waals surface area contributed by atoms with Crippen molar-refractivity contribution in [2.75, 3.05) is 47.5 Å². The number of rotatable bonds is 62. The Hall–Kier alpha value is -2.49. The molecule has 9 nitrogen and oxygen atoms in total. The summed E-state index contributed by atoms with van der Waals surface area (Å²) in [6.07, 6.45) is 71.1. The zero-order chi connectivity index (χ0) is 56.2. The minimum atomic E-state index is -1.62. The van der Waals surface area contributed by atoms with Crippen LogP contribution in [-0.2, 0) is 33.3 Å². The second-order valence-corrected chi connectivity index (χ2v) is 23.8. The maximum absolute atomic E-state index is 12.9. The van der Waals surface area contributed by atoms with Gasteiger partial charge in [-0.15, -0.1) is 0 Å². The van der Waals surface area contributed by atoms with Gasteiger partial charge in [-0.05, 0) is 51.4 Å². The number of unbranched alkanes of at least 4 members (excludes halogenated alkanes) is 41. The SMILES string of the molecule is CCCCCCC/C=C\C/C=C\C/C=C\CCCCCCCCCCCCCCCCCCCCCCCCCCCCC(=O)OC(COC(=O)CCCCCCCCCCCCC)COC(OCC[N+](C)(C)C)C(=O)[O-]. The number of hydrogen-bond acceptors (Lipinski definition) is 8. The molecule has 452 valence electrons. The molecule has 0 amide bonds. The van der Waals surface area contributed by atoms with Crippen molar-refractivity contribution < 1.29 is 42.9 Å². The van der Waals surface area contributed by atoms with Crippen LogP contribution in [0.15, 0.2) is 36.5 Å². The molecule has 9 heteroatoms. The average Bonchev–Trinajstić information content (AvgIpc) is 3.40. The highest BCUT2D eigenvalue weighted by Gasteiger charge is 2.22. The van der Waals surface area contributed by atoms with E-state index in [-0.39, 0.29) is 32.2 Å². The van der Waals surface area contributed by atoms with Crippen LogP contribution in [0.3, 0.4) is 0 Å². The van der Waals surface area contributed by atoms with Gasteiger partial charge in [-0.2, -0.15) is 0 Å². The van der Waals surface area contributed by atoms with Gasteiger partial charge in [0.2, 0.25) is 0 Å².